The molecule has 0 aromatic carbocycles. The fourth-order valence-corrected chi connectivity index (χ4v) is 8.17. The fourth-order valence-electron chi connectivity index (χ4n) is 8.17. The summed E-state index contributed by atoms with van der Waals surface area (Å²) in [6.07, 6.45) is 4.43. The van der Waals surface area contributed by atoms with Crippen LogP contribution in [0.2, 0.25) is 0 Å². The maximum atomic E-state index is 12.6. The van der Waals surface area contributed by atoms with Crippen molar-refractivity contribution in [1.82, 2.24) is 0 Å². The van der Waals surface area contributed by atoms with Crippen LogP contribution in [0.5, 0.6) is 0 Å². The second-order valence-corrected chi connectivity index (χ2v) is 10.6. The quantitative estimate of drug-likeness (QED) is 0.672. The molecule has 9 atom stereocenters. The molecule has 0 unspecified atom stereocenters. The van der Waals surface area contributed by atoms with Crippen LogP contribution in [-0.2, 0) is 9.59 Å². The minimum Gasteiger partial charge on any atom is -0.393 e. The molecule has 156 valence electrons. The Morgan fingerprint density at radius 3 is 2.57 bits per heavy atom. The molecule has 4 aliphatic carbocycles. The smallest absolute Gasteiger partial charge is 0.190 e. The van der Waals surface area contributed by atoms with E-state index in [0.29, 0.717) is 12.8 Å². The van der Waals surface area contributed by atoms with Gasteiger partial charge in [-0.1, -0.05) is 33.3 Å². The molecule has 0 radical (unpaired) electrons. The number of aliphatic hydroxyl groups excluding tert-OH is 2. The standard InChI is InChI=1S/C23H34O5/c1-12-7-15-17-8-13(2)23(28,19(27)11-24)22(17,4)10-18(26)20(15)21(3)6-5-14(25)9-16(12)21/h9,12-13,15,17-18,20,24,26,28H,5-8,10-11H2,1-4H3/t12-,13-,15-,17-,18-,20+,21-,22-,23-/m0/s1. The number of allylic oxidation sites excluding steroid dienone is 1. The van der Waals surface area contributed by atoms with Gasteiger partial charge >= 0.3 is 0 Å². The van der Waals surface area contributed by atoms with Crippen molar-refractivity contribution >= 4 is 11.6 Å². The fraction of sp³-hybridized carbons (Fsp3) is 0.826. The zero-order valence-electron chi connectivity index (χ0n) is 17.4. The molecule has 0 heterocycles. The van der Waals surface area contributed by atoms with Crippen LogP contribution in [0.25, 0.3) is 0 Å². The molecule has 0 spiro atoms. The van der Waals surface area contributed by atoms with Gasteiger partial charge in [-0.25, -0.2) is 0 Å². The number of fused-ring (bicyclic) bond motifs is 5. The van der Waals surface area contributed by atoms with Crippen LogP contribution in [0.4, 0.5) is 0 Å². The van der Waals surface area contributed by atoms with Crippen molar-refractivity contribution < 1.29 is 24.9 Å². The number of carbonyl (C=O) groups is 2. The SMILES string of the molecule is C[C@H]1C[C@@H]2[C@H]([C@@H](O)C[C@@]3(C)[C@H]2C[C@H](C)[C@]3(O)C(=O)CO)[C@@]2(C)CCC(=O)C=C12. The van der Waals surface area contributed by atoms with Crippen molar-refractivity contribution in [3.8, 4) is 0 Å². The van der Waals surface area contributed by atoms with Crippen LogP contribution >= 0.6 is 0 Å². The summed E-state index contributed by atoms with van der Waals surface area (Å²) >= 11 is 0. The lowest BCUT2D eigenvalue weighted by Crippen LogP contribution is -2.63. The number of aliphatic hydroxyl groups is 3. The number of hydrogen-bond donors (Lipinski definition) is 3. The monoisotopic (exact) mass is 390 g/mol. The van der Waals surface area contributed by atoms with Crippen molar-refractivity contribution in [3.05, 3.63) is 11.6 Å². The van der Waals surface area contributed by atoms with E-state index in [-0.39, 0.29) is 40.8 Å². The lowest BCUT2D eigenvalue weighted by molar-refractivity contribution is -0.189. The Labute approximate surface area is 167 Å². The number of ketones is 2. The Balaban J connectivity index is 1.80. The van der Waals surface area contributed by atoms with E-state index in [9.17, 15) is 24.9 Å². The average Bonchev–Trinajstić information content (AvgIpc) is 2.83. The van der Waals surface area contributed by atoms with Gasteiger partial charge in [-0.3, -0.25) is 9.59 Å². The molecule has 3 saturated carbocycles. The molecule has 0 bridgehead atoms. The van der Waals surface area contributed by atoms with Gasteiger partial charge in [-0.2, -0.15) is 0 Å². The third kappa shape index (κ3) is 2.30. The van der Waals surface area contributed by atoms with Crippen molar-refractivity contribution in [2.75, 3.05) is 6.61 Å². The van der Waals surface area contributed by atoms with Gasteiger partial charge in [-0.05, 0) is 66.8 Å². The van der Waals surface area contributed by atoms with Gasteiger partial charge in [0, 0.05) is 11.8 Å². The lowest BCUT2D eigenvalue weighted by Gasteiger charge is -2.61. The van der Waals surface area contributed by atoms with Gasteiger partial charge in [0.05, 0.1) is 6.10 Å². The Bertz CT molecular complexity index is 743. The first kappa shape index (κ1) is 20.2. The Kier molecular flexibility index (Phi) is 4.50. The summed E-state index contributed by atoms with van der Waals surface area (Å²) in [6, 6.07) is 0. The molecule has 0 aromatic rings. The molecular weight excluding hydrogens is 356 g/mol. The summed E-state index contributed by atoms with van der Waals surface area (Å²) in [5, 5.41) is 32.4. The topological polar surface area (TPSA) is 94.8 Å². The summed E-state index contributed by atoms with van der Waals surface area (Å²) in [5.41, 5.74) is -1.36. The van der Waals surface area contributed by atoms with E-state index in [2.05, 4.69) is 13.8 Å². The first-order valence-electron chi connectivity index (χ1n) is 10.8. The first-order valence-corrected chi connectivity index (χ1v) is 10.8. The average molecular weight is 391 g/mol. The summed E-state index contributed by atoms with van der Waals surface area (Å²) in [7, 11) is 0. The Morgan fingerprint density at radius 1 is 1.25 bits per heavy atom. The van der Waals surface area contributed by atoms with E-state index in [1.54, 1.807) is 0 Å². The highest BCUT2D eigenvalue weighted by Gasteiger charge is 2.70. The third-order valence-electron chi connectivity index (χ3n) is 9.36. The highest BCUT2D eigenvalue weighted by molar-refractivity contribution is 5.92. The van der Waals surface area contributed by atoms with E-state index in [1.807, 2.05) is 19.9 Å². The molecule has 4 rings (SSSR count). The van der Waals surface area contributed by atoms with Crippen LogP contribution in [-0.4, -0.2) is 45.2 Å². The number of rotatable bonds is 2. The molecule has 0 aromatic heterocycles. The predicted octanol–water partition coefficient (Wildman–Crippen LogP) is 2.27. The minimum atomic E-state index is -1.60. The summed E-state index contributed by atoms with van der Waals surface area (Å²) in [6.45, 7) is 7.54. The van der Waals surface area contributed by atoms with Crippen molar-refractivity contribution in [2.24, 2.45) is 40.4 Å². The van der Waals surface area contributed by atoms with E-state index < -0.39 is 29.5 Å². The summed E-state index contributed by atoms with van der Waals surface area (Å²) < 4.78 is 0. The number of carbonyl (C=O) groups excluding carboxylic acids is 2. The van der Waals surface area contributed by atoms with Crippen LogP contribution in [0, 0.1) is 40.4 Å². The molecule has 3 N–H and O–H groups in total. The molecule has 0 aliphatic heterocycles. The highest BCUT2D eigenvalue weighted by atomic mass is 16.3. The highest BCUT2D eigenvalue weighted by Crippen LogP contribution is 2.69. The van der Waals surface area contributed by atoms with Gasteiger partial charge in [0.15, 0.2) is 11.6 Å². The Morgan fingerprint density at radius 2 is 1.93 bits per heavy atom. The molecule has 4 aliphatic rings. The molecular formula is C23H34O5. The minimum absolute atomic E-state index is 0.0416. The first-order chi connectivity index (χ1) is 13.0. The van der Waals surface area contributed by atoms with Gasteiger partial charge in [0.25, 0.3) is 0 Å². The third-order valence-corrected chi connectivity index (χ3v) is 9.36. The van der Waals surface area contributed by atoms with Crippen LogP contribution in [0.15, 0.2) is 11.6 Å². The van der Waals surface area contributed by atoms with Crippen molar-refractivity contribution in [3.63, 3.8) is 0 Å². The van der Waals surface area contributed by atoms with Crippen molar-refractivity contribution in [1.29, 1.82) is 0 Å². The van der Waals surface area contributed by atoms with Gasteiger partial charge in [-0.15, -0.1) is 0 Å². The van der Waals surface area contributed by atoms with Gasteiger partial charge < -0.3 is 15.3 Å². The van der Waals surface area contributed by atoms with Crippen LogP contribution in [0.1, 0.15) is 59.8 Å². The maximum Gasteiger partial charge on any atom is 0.190 e. The van der Waals surface area contributed by atoms with Crippen LogP contribution < -0.4 is 0 Å². The van der Waals surface area contributed by atoms with E-state index >= 15 is 0 Å². The summed E-state index contributed by atoms with van der Waals surface area (Å²) in [4.78, 5) is 24.7. The summed E-state index contributed by atoms with van der Waals surface area (Å²) in [5.74, 6) is 0.0281. The zero-order valence-corrected chi connectivity index (χ0v) is 17.4. The van der Waals surface area contributed by atoms with Crippen LogP contribution in [0.3, 0.4) is 0 Å². The number of Topliss-reactive ketones (excluding diaryl/α,β-unsaturated/α-hetero) is 1. The Hall–Kier alpha value is -1.04. The van der Waals surface area contributed by atoms with E-state index in [1.165, 1.54) is 5.57 Å². The second kappa shape index (κ2) is 6.23. The number of hydrogen-bond acceptors (Lipinski definition) is 5. The normalized spacial score (nSPS) is 53.1. The molecule has 5 heteroatoms. The molecule has 5 nitrogen and oxygen atoms in total. The van der Waals surface area contributed by atoms with Gasteiger partial charge in [0.1, 0.15) is 12.2 Å². The van der Waals surface area contributed by atoms with Gasteiger partial charge in [0.2, 0.25) is 0 Å². The maximum absolute atomic E-state index is 12.6. The van der Waals surface area contributed by atoms with Crippen molar-refractivity contribution in [2.45, 2.75) is 71.5 Å². The lowest BCUT2D eigenvalue weighted by atomic mass is 9.44. The predicted molar refractivity (Wildman–Crippen MR) is 104 cm³/mol. The zero-order chi connectivity index (χ0) is 20.6. The van der Waals surface area contributed by atoms with E-state index in [4.69, 9.17) is 0 Å². The van der Waals surface area contributed by atoms with E-state index in [0.717, 1.165) is 19.3 Å². The molecule has 28 heavy (non-hydrogen) atoms. The second-order valence-electron chi connectivity index (χ2n) is 10.6. The molecule has 3 fully saturated rings. The molecule has 0 saturated heterocycles. The largest absolute Gasteiger partial charge is 0.393 e. The molecule has 0 amide bonds.